The van der Waals surface area contributed by atoms with Crippen molar-refractivity contribution >= 4 is 11.7 Å². The number of carbonyl (C=O) groups is 1. The summed E-state index contributed by atoms with van der Waals surface area (Å²) in [5, 5.41) is 3.34. The molecule has 2 rings (SSSR count). The lowest BCUT2D eigenvalue weighted by Crippen LogP contribution is -2.31. The molecule has 0 atom stereocenters. The number of nitrogens with one attached hydrogen (secondary N) is 1. The first-order chi connectivity index (χ1) is 8.59. The Morgan fingerprint density at radius 1 is 1.39 bits per heavy atom. The minimum absolute atomic E-state index is 0.396. The summed E-state index contributed by atoms with van der Waals surface area (Å²) in [6, 6.07) is 1.90. The number of nitrogens with two attached hydrogens (primary N) is 1. The quantitative estimate of drug-likeness (QED) is 0.804. The third-order valence-corrected chi connectivity index (χ3v) is 3.21. The van der Waals surface area contributed by atoms with Crippen molar-refractivity contribution in [3.05, 3.63) is 22.9 Å². The molecule has 18 heavy (non-hydrogen) atoms. The maximum atomic E-state index is 11.6. The second-order valence-electron chi connectivity index (χ2n) is 4.73. The minimum Gasteiger partial charge on any atom is -0.365 e. The first-order valence-corrected chi connectivity index (χ1v) is 6.33. The molecule has 2 heterocycles. The van der Waals surface area contributed by atoms with Crippen LogP contribution in [0.15, 0.2) is 6.07 Å². The van der Waals surface area contributed by atoms with Gasteiger partial charge in [-0.2, -0.15) is 0 Å². The Labute approximate surface area is 107 Å². The monoisotopic (exact) mass is 248 g/mol. The van der Waals surface area contributed by atoms with Gasteiger partial charge in [0.05, 0.1) is 5.56 Å². The van der Waals surface area contributed by atoms with Gasteiger partial charge in [-0.1, -0.05) is 0 Å². The van der Waals surface area contributed by atoms with E-state index in [2.05, 4.69) is 15.2 Å². The molecule has 1 aliphatic rings. The predicted octanol–water partition coefficient (Wildman–Crippen LogP) is 0.597. The topological polar surface area (TPSA) is 71.2 Å². The van der Waals surface area contributed by atoms with E-state index < -0.39 is 5.91 Å². The summed E-state index contributed by atoms with van der Waals surface area (Å²) < 4.78 is 0. The van der Waals surface area contributed by atoms with Gasteiger partial charge in [0.2, 0.25) is 0 Å². The van der Waals surface area contributed by atoms with E-state index in [1.54, 1.807) is 0 Å². The number of anilines is 1. The van der Waals surface area contributed by atoms with Crippen LogP contribution in [-0.4, -0.2) is 37.1 Å². The van der Waals surface area contributed by atoms with Crippen LogP contribution in [0.1, 0.15) is 28.0 Å². The van der Waals surface area contributed by atoms with Gasteiger partial charge in [-0.25, -0.2) is 4.98 Å². The van der Waals surface area contributed by atoms with Gasteiger partial charge >= 0.3 is 0 Å². The van der Waals surface area contributed by atoms with E-state index in [0.29, 0.717) is 5.56 Å². The minimum atomic E-state index is -0.396. The fourth-order valence-corrected chi connectivity index (χ4v) is 2.41. The molecule has 1 aromatic rings. The average molecular weight is 248 g/mol. The second kappa shape index (κ2) is 5.35. The van der Waals surface area contributed by atoms with E-state index in [-0.39, 0.29) is 0 Å². The van der Waals surface area contributed by atoms with Crippen molar-refractivity contribution in [2.75, 3.05) is 31.1 Å². The third-order valence-electron chi connectivity index (χ3n) is 3.21. The highest BCUT2D eigenvalue weighted by atomic mass is 16.1. The largest absolute Gasteiger partial charge is 0.365 e. The molecule has 0 unspecified atom stereocenters. The molecule has 5 heteroatoms. The van der Waals surface area contributed by atoms with E-state index in [1.807, 2.05) is 19.9 Å². The van der Waals surface area contributed by atoms with Gasteiger partial charge in [0.15, 0.2) is 0 Å². The van der Waals surface area contributed by atoms with Crippen molar-refractivity contribution in [2.24, 2.45) is 5.73 Å². The first-order valence-electron chi connectivity index (χ1n) is 6.33. The Balaban J connectivity index is 2.43. The summed E-state index contributed by atoms with van der Waals surface area (Å²) >= 11 is 0. The Hall–Kier alpha value is -1.62. The van der Waals surface area contributed by atoms with Crippen LogP contribution in [0.5, 0.6) is 0 Å². The highest BCUT2D eigenvalue weighted by molar-refractivity contribution is 5.99. The molecular formula is C13H20N4O. The Kier molecular flexibility index (Phi) is 3.81. The lowest BCUT2D eigenvalue weighted by molar-refractivity contribution is 0.1000. The number of rotatable bonds is 2. The van der Waals surface area contributed by atoms with Gasteiger partial charge in [-0.3, -0.25) is 4.79 Å². The van der Waals surface area contributed by atoms with Crippen molar-refractivity contribution in [2.45, 2.75) is 20.3 Å². The van der Waals surface area contributed by atoms with Crippen molar-refractivity contribution in [1.82, 2.24) is 10.3 Å². The Morgan fingerprint density at radius 3 is 2.89 bits per heavy atom. The number of primary amides is 1. The predicted molar refractivity (Wildman–Crippen MR) is 71.9 cm³/mol. The van der Waals surface area contributed by atoms with Crippen LogP contribution in [0, 0.1) is 13.8 Å². The van der Waals surface area contributed by atoms with E-state index in [4.69, 9.17) is 5.73 Å². The van der Waals surface area contributed by atoms with Crippen LogP contribution in [0.25, 0.3) is 0 Å². The normalized spacial score (nSPS) is 16.4. The van der Waals surface area contributed by atoms with Gasteiger partial charge in [0.25, 0.3) is 5.91 Å². The summed E-state index contributed by atoms with van der Waals surface area (Å²) in [5.74, 6) is 0.343. The maximum Gasteiger partial charge on any atom is 0.252 e. The molecule has 0 bridgehead atoms. The zero-order valence-corrected chi connectivity index (χ0v) is 11.0. The number of aryl methyl sites for hydroxylation is 2. The van der Waals surface area contributed by atoms with Crippen molar-refractivity contribution in [3.63, 3.8) is 0 Å². The molecule has 1 aromatic heterocycles. The molecule has 0 saturated carbocycles. The standard InChI is InChI=1S/C13H20N4O/c1-9-8-10(2)16-13(11(9)12(14)18)17-6-3-4-15-5-7-17/h8,15H,3-7H2,1-2H3,(H2,14,18). The molecule has 0 aromatic carbocycles. The molecule has 5 nitrogen and oxygen atoms in total. The fraction of sp³-hybridized carbons (Fsp3) is 0.538. The van der Waals surface area contributed by atoms with Crippen LogP contribution in [-0.2, 0) is 0 Å². The van der Waals surface area contributed by atoms with E-state index in [9.17, 15) is 4.79 Å². The molecule has 98 valence electrons. The summed E-state index contributed by atoms with van der Waals surface area (Å²) in [6.45, 7) is 7.53. The average Bonchev–Trinajstić information content (AvgIpc) is 2.55. The van der Waals surface area contributed by atoms with Crippen molar-refractivity contribution < 1.29 is 4.79 Å². The maximum absolute atomic E-state index is 11.6. The van der Waals surface area contributed by atoms with Gasteiger partial charge in [0.1, 0.15) is 5.82 Å². The highest BCUT2D eigenvalue weighted by Gasteiger charge is 2.20. The van der Waals surface area contributed by atoms with Crippen LogP contribution >= 0.6 is 0 Å². The van der Waals surface area contributed by atoms with Crippen molar-refractivity contribution in [3.8, 4) is 0 Å². The molecule has 1 amide bonds. The van der Waals surface area contributed by atoms with Crippen LogP contribution in [0.2, 0.25) is 0 Å². The molecule has 1 fully saturated rings. The molecule has 1 aliphatic heterocycles. The highest BCUT2D eigenvalue weighted by Crippen LogP contribution is 2.22. The molecule has 0 radical (unpaired) electrons. The number of aromatic nitrogens is 1. The fourth-order valence-electron chi connectivity index (χ4n) is 2.41. The smallest absolute Gasteiger partial charge is 0.252 e. The third kappa shape index (κ3) is 2.61. The summed E-state index contributed by atoms with van der Waals surface area (Å²) in [6.07, 6.45) is 1.05. The van der Waals surface area contributed by atoms with Crippen LogP contribution < -0.4 is 16.0 Å². The number of hydrogen-bond donors (Lipinski definition) is 2. The lowest BCUT2D eigenvalue weighted by Gasteiger charge is -2.24. The number of carbonyl (C=O) groups excluding carboxylic acids is 1. The summed E-state index contributed by atoms with van der Waals surface area (Å²) in [7, 11) is 0. The summed E-state index contributed by atoms with van der Waals surface area (Å²) in [4.78, 5) is 18.3. The molecular weight excluding hydrogens is 228 g/mol. The van der Waals surface area contributed by atoms with E-state index in [1.165, 1.54) is 0 Å². The zero-order chi connectivity index (χ0) is 13.1. The number of amides is 1. The first kappa shape index (κ1) is 12.8. The lowest BCUT2D eigenvalue weighted by atomic mass is 10.1. The van der Waals surface area contributed by atoms with Gasteiger partial charge in [-0.15, -0.1) is 0 Å². The SMILES string of the molecule is Cc1cc(C)c(C(N)=O)c(N2CCCNCC2)n1. The molecule has 0 aliphatic carbocycles. The Morgan fingerprint density at radius 2 is 2.17 bits per heavy atom. The zero-order valence-electron chi connectivity index (χ0n) is 11.0. The van der Waals surface area contributed by atoms with Crippen LogP contribution in [0.4, 0.5) is 5.82 Å². The van der Waals surface area contributed by atoms with Gasteiger partial charge in [0, 0.05) is 25.3 Å². The van der Waals surface area contributed by atoms with E-state index >= 15 is 0 Å². The molecule has 1 saturated heterocycles. The second-order valence-corrected chi connectivity index (χ2v) is 4.73. The number of nitrogens with zero attached hydrogens (tertiary/aromatic N) is 2. The molecule has 3 N–H and O–H groups in total. The summed E-state index contributed by atoms with van der Waals surface area (Å²) in [5.41, 5.74) is 7.87. The Bertz CT molecular complexity index is 451. The van der Waals surface area contributed by atoms with E-state index in [0.717, 1.165) is 49.7 Å². The number of hydrogen-bond acceptors (Lipinski definition) is 4. The van der Waals surface area contributed by atoms with Crippen LogP contribution in [0.3, 0.4) is 0 Å². The molecule has 0 spiro atoms. The van der Waals surface area contributed by atoms with Gasteiger partial charge < -0.3 is 16.0 Å². The van der Waals surface area contributed by atoms with Gasteiger partial charge in [-0.05, 0) is 38.4 Å². The number of pyridine rings is 1. The van der Waals surface area contributed by atoms with Crippen molar-refractivity contribution in [1.29, 1.82) is 0 Å².